The minimum Gasteiger partial charge on any atom is -0.368 e. The summed E-state index contributed by atoms with van der Waals surface area (Å²) in [6.07, 6.45) is 7.76. The zero-order valence-corrected chi connectivity index (χ0v) is 16.1. The summed E-state index contributed by atoms with van der Waals surface area (Å²) in [6, 6.07) is 8.51. The molecule has 1 heterocycles. The van der Waals surface area contributed by atoms with Crippen molar-refractivity contribution in [3.05, 3.63) is 29.3 Å². The SMILES string of the molecule is NC1C2CCCC1CC(C(=O)NC1CCCN(c3ccccc3Cl)C1)C2. The fraction of sp³-hybridized carbons (Fsp3) is 0.667. The van der Waals surface area contributed by atoms with Gasteiger partial charge in [0, 0.05) is 31.1 Å². The van der Waals surface area contributed by atoms with Gasteiger partial charge in [0.25, 0.3) is 0 Å². The van der Waals surface area contributed by atoms with Crippen LogP contribution in [-0.4, -0.2) is 31.1 Å². The van der Waals surface area contributed by atoms with Crippen LogP contribution >= 0.6 is 11.6 Å². The second-order valence-electron chi connectivity index (χ2n) is 8.44. The topological polar surface area (TPSA) is 58.4 Å². The molecule has 26 heavy (non-hydrogen) atoms. The molecule has 0 radical (unpaired) electrons. The van der Waals surface area contributed by atoms with Crippen molar-refractivity contribution in [2.24, 2.45) is 23.5 Å². The van der Waals surface area contributed by atoms with E-state index in [-0.39, 0.29) is 17.9 Å². The minimum atomic E-state index is 0.154. The second kappa shape index (κ2) is 7.77. The molecule has 4 rings (SSSR count). The average Bonchev–Trinajstić information content (AvgIpc) is 2.62. The Hall–Kier alpha value is -1.26. The van der Waals surface area contributed by atoms with Crippen LogP contribution in [0.4, 0.5) is 5.69 Å². The first-order chi connectivity index (χ1) is 12.6. The summed E-state index contributed by atoms with van der Waals surface area (Å²) in [6.45, 7) is 1.84. The summed E-state index contributed by atoms with van der Waals surface area (Å²) in [5.74, 6) is 1.49. The van der Waals surface area contributed by atoms with E-state index in [4.69, 9.17) is 17.3 Å². The highest BCUT2D eigenvalue weighted by molar-refractivity contribution is 6.33. The summed E-state index contributed by atoms with van der Waals surface area (Å²) in [7, 11) is 0. The number of hydrogen-bond acceptors (Lipinski definition) is 3. The molecular formula is C21H30ClN3O. The Balaban J connectivity index is 1.36. The Morgan fingerprint density at radius 2 is 1.85 bits per heavy atom. The standard InChI is InChI=1S/C21H30ClN3O/c22-18-8-1-2-9-19(18)25-10-4-7-17(13-25)24-21(26)16-11-14-5-3-6-15(12-16)20(14)23/h1-2,8-9,14-17,20H,3-7,10-13,23H2,(H,24,26). The van der Waals surface area contributed by atoms with Gasteiger partial charge in [0.2, 0.25) is 5.91 Å². The van der Waals surface area contributed by atoms with Gasteiger partial charge in [-0.3, -0.25) is 4.79 Å². The van der Waals surface area contributed by atoms with Crippen molar-refractivity contribution in [2.75, 3.05) is 18.0 Å². The van der Waals surface area contributed by atoms with Crippen LogP contribution in [0.3, 0.4) is 0 Å². The quantitative estimate of drug-likeness (QED) is 0.848. The molecule has 2 bridgehead atoms. The number of carbonyl (C=O) groups is 1. The maximum absolute atomic E-state index is 12.9. The fourth-order valence-corrected chi connectivity index (χ4v) is 5.60. The van der Waals surface area contributed by atoms with Gasteiger partial charge in [-0.15, -0.1) is 0 Å². The third kappa shape index (κ3) is 3.72. The maximum atomic E-state index is 12.9. The average molecular weight is 376 g/mol. The molecule has 2 aliphatic carbocycles. The molecule has 0 spiro atoms. The third-order valence-electron chi connectivity index (χ3n) is 6.74. The van der Waals surface area contributed by atoms with Crippen molar-refractivity contribution in [3.8, 4) is 0 Å². The number of hydrogen-bond donors (Lipinski definition) is 2. The van der Waals surface area contributed by atoms with Crippen LogP contribution in [0.2, 0.25) is 5.02 Å². The normalized spacial score (nSPS) is 34.4. The molecular weight excluding hydrogens is 346 g/mol. The number of halogens is 1. The van der Waals surface area contributed by atoms with Gasteiger partial charge in [-0.1, -0.05) is 30.2 Å². The van der Waals surface area contributed by atoms with Crippen LogP contribution < -0.4 is 16.0 Å². The van der Waals surface area contributed by atoms with Gasteiger partial charge in [0.05, 0.1) is 10.7 Å². The smallest absolute Gasteiger partial charge is 0.223 e. The molecule has 4 nitrogen and oxygen atoms in total. The largest absolute Gasteiger partial charge is 0.368 e. The number of carbonyl (C=O) groups excluding carboxylic acids is 1. The molecule has 142 valence electrons. The number of nitrogens with one attached hydrogen (secondary N) is 1. The van der Waals surface area contributed by atoms with E-state index in [1.54, 1.807) is 0 Å². The molecule has 5 heteroatoms. The number of amides is 1. The number of rotatable bonds is 3. The lowest BCUT2D eigenvalue weighted by atomic mass is 9.65. The highest BCUT2D eigenvalue weighted by Gasteiger charge is 2.41. The summed E-state index contributed by atoms with van der Waals surface area (Å²) in [5.41, 5.74) is 7.45. The number of fused-ring (bicyclic) bond motifs is 2. The zero-order chi connectivity index (χ0) is 18.1. The molecule has 3 fully saturated rings. The molecule has 1 amide bonds. The lowest BCUT2D eigenvalue weighted by Crippen LogP contribution is -2.53. The van der Waals surface area contributed by atoms with Crippen molar-refractivity contribution in [3.63, 3.8) is 0 Å². The molecule has 3 unspecified atom stereocenters. The van der Waals surface area contributed by atoms with E-state index in [1.807, 2.05) is 18.2 Å². The van der Waals surface area contributed by atoms with Crippen LogP contribution in [-0.2, 0) is 4.79 Å². The fourth-order valence-electron chi connectivity index (χ4n) is 5.34. The van der Waals surface area contributed by atoms with E-state index in [9.17, 15) is 4.79 Å². The molecule has 1 aliphatic heterocycles. The van der Waals surface area contributed by atoms with Gasteiger partial charge in [-0.2, -0.15) is 0 Å². The highest BCUT2D eigenvalue weighted by Crippen LogP contribution is 2.42. The van der Waals surface area contributed by atoms with E-state index in [0.717, 1.165) is 49.5 Å². The van der Waals surface area contributed by atoms with Crippen molar-refractivity contribution in [1.29, 1.82) is 0 Å². The monoisotopic (exact) mass is 375 g/mol. The Morgan fingerprint density at radius 3 is 2.58 bits per heavy atom. The van der Waals surface area contributed by atoms with E-state index in [1.165, 1.54) is 19.3 Å². The first-order valence-electron chi connectivity index (χ1n) is 10.2. The number of nitrogens with zero attached hydrogens (tertiary/aromatic N) is 1. The van der Waals surface area contributed by atoms with Crippen molar-refractivity contribution in [2.45, 2.75) is 57.0 Å². The Kier molecular flexibility index (Phi) is 5.42. The third-order valence-corrected chi connectivity index (χ3v) is 7.06. The summed E-state index contributed by atoms with van der Waals surface area (Å²) >= 11 is 6.36. The summed E-state index contributed by atoms with van der Waals surface area (Å²) < 4.78 is 0. The van der Waals surface area contributed by atoms with Gasteiger partial charge in [-0.05, 0) is 62.5 Å². The van der Waals surface area contributed by atoms with Crippen molar-refractivity contribution < 1.29 is 4.79 Å². The maximum Gasteiger partial charge on any atom is 0.223 e. The van der Waals surface area contributed by atoms with Gasteiger partial charge in [0.1, 0.15) is 0 Å². The van der Waals surface area contributed by atoms with Crippen molar-refractivity contribution in [1.82, 2.24) is 5.32 Å². The number of benzene rings is 1. The minimum absolute atomic E-state index is 0.154. The van der Waals surface area contributed by atoms with Crippen molar-refractivity contribution >= 4 is 23.2 Å². The predicted molar refractivity (Wildman–Crippen MR) is 106 cm³/mol. The lowest BCUT2D eigenvalue weighted by molar-refractivity contribution is -0.128. The Labute approximate surface area is 161 Å². The zero-order valence-electron chi connectivity index (χ0n) is 15.4. The molecule has 1 saturated heterocycles. The number of nitrogens with two attached hydrogens (primary N) is 1. The van der Waals surface area contributed by atoms with Crippen LogP contribution in [0, 0.1) is 17.8 Å². The van der Waals surface area contributed by atoms with E-state index in [2.05, 4.69) is 16.3 Å². The first kappa shape index (κ1) is 18.1. The number of para-hydroxylation sites is 1. The second-order valence-corrected chi connectivity index (χ2v) is 8.85. The van der Waals surface area contributed by atoms with Gasteiger partial charge >= 0.3 is 0 Å². The molecule has 3 N–H and O–H groups in total. The van der Waals surface area contributed by atoms with Crippen LogP contribution in [0.15, 0.2) is 24.3 Å². The number of piperidine rings is 1. The molecule has 3 atom stereocenters. The van der Waals surface area contributed by atoms with Gasteiger partial charge < -0.3 is 16.0 Å². The predicted octanol–water partition coefficient (Wildman–Crippen LogP) is 3.58. The lowest BCUT2D eigenvalue weighted by Gasteiger charge is -2.44. The highest BCUT2D eigenvalue weighted by atomic mass is 35.5. The Morgan fingerprint density at radius 1 is 1.12 bits per heavy atom. The number of anilines is 1. The molecule has 1 aromatic carbocycles. The summed E-state index contributed by atoms with van der Waals surface area (Å²) in [4.78, 5) is 15.2. The molecule has 1 aromatic rings. The molecule has 2 saturated carbocycles. The van der Waals surface area contributed by atoms with Crippen LogP contribution in [0.5, 0.6) is 0 Å². The van der Waals surface area contributed by atoms with Crippen LogP contribution in [0.25, 0.3) is 0 Å². The summed E-state index contributed by atoms with van der Waals surface area (Å²) in [5, 5.41) is 4.13. The Bertz CT molecular complexity index is 638. The first-order valence-corrected chi connectivity index (χ1v) is 10.5. The van der Waals surface area contributed by atoms with Crippen LogP contribution in [0.1, 0.15) is 44.9 Å². The molecule has 0 aromatic heterocycles. The van der Waals surface area contributed by atoms with Gasteiger partial charge in [-0.25, -0.2) is 0 Å². The molecule has 3 aliphatic rings. The van der Waals surface area contributed by atoms with E-state index >= 15 is 0 Å². The van der Waals surface area contributed by atoms with Gasteiger partial charge in [0.15, 0.2) is 0 Å². The van der Waals surface area contributed by atoms with E-state index in [0.29, 0.717) is 17.9 Å². The van der Waals surface area contributed by atoms with E-state index < -0.39 is 0 Å².